The van der Waals surface area contributed by atoms with Gasteiger partial charge < -0.3 is 24.8 Å². The highest BCUT2D eigenvalue weighted by Crippen LogP contribution is 2.27. The van der Waals surface area contributed by atoms with Crippen LogP contribution in [0, 0.1) is 5.92 Å². The van der Waals surface area contributed by atoms with E-state index in [9.17, 15) is 0 Å². The van der Waals surface area contributed by atoms with E-state index >= 15 is 0 Å². The summed E-state index contributed by atoms with van der Waals surface area (Å²) in [5.41, 5.74) is 1.16. The Morgan fingerprint density at radius 3 is 2.85 bits per heavy atom. The van der Waals surface area contributed by atoms with E-state index in [0.717, 1.165) is 63.1 Å². The Bertz CT molecular complexity index is 584. The summed E-state index contributed by atoms with van der Waals surface area (Å²) < 4.78 is 17.2. The molecule has 0 radical (unpaired) electrons. The molecule has 6 heteroatoms. The van der Waals surface area contributed by atoms with Crippen molar-refractivity contribution in [3.8, 4) is 5.75 Å². The molecule has 1 atom stereocenters. The van der Waals surface area contributed by atoms with Crippen molar-refractivity contribution in [3.63, 3.8) is 0 Å². The summed E-state index contributed by atoms with van der Waals surface area (Å²) in [6.45, 7) is 4.83. The van der Waals surface area contributed by atoms with E-state index < -0.39 is 0 Å². The van der Waals surface area contributed by atoms with Gasteiger partial charge in [-0.1, -0.05) is 18.2 Å². The Balaban J connectivity index is 1.31. The van der Waals surface area contributed by atoms with E-state index in [1.54, 1.807) is 7.05 Å². The summed E-state index contributed by atoms with van der Waals surface area (Å²) in [7, 11) is 1.79. The number of rotatable bonds is 10. The Morgan fingerprint density at radius 2 is 2.11 bits per heavy atom. The molecule has 0 aromatic heterocycles. The Hall–Kier alpha value is -1.79. The fourth-order valence-corrected chi connectivity index (χ4v) is 3.18. The average molecular weight is 376 g/mol. The molecule has 1 aromatic rings. The van der Waals surface area contributed by atoms with Crippen LogP contribution in [0.2, 0.25) is 0 Å². The summed E-state index contributed by atoms with van der Waals surface area (Å²) in [6, 6.07) is 8.24. The minimum Gasteiger partial charge on any atom is -0.490 e. The Labute approximate surface area is 162 Å². The van der Waals surface area contributed by atoms with Gasteiger partial charge in [0.05, 0.1) is 19.3 Å². The highest BCUT2D eigenvalue weighted by Gasteiger charge is 2.20. The van der Waals surface area contributed by atoms with Crippen LogP contribution in [-0.4, -0.2) is 52.1 Å². The zero-order valence-electron chi connectivity index (χ0n) is 16.4. The third-order valence-corrected chi connectivity index (χ3v) is 5.12. The molecular formula is C21H33N3O3. The number of aliphatic imine (C=N–C) groups is 1. The highest BCUT2D eigenvalue weighted by molar-refractivity contribution is 5.79. The second-order valence-electron chi connectivity index (χ2n) is 7.29. The van der Waals surface area contributed by atoms with E-state index in [-0.39, 0.29) is 0 Å². The van der Waals surface area contributed by atoms with Crippen molar-refractivity contribution >= 4 is 5.96 Å². The molecule has 1 unspecified atom stereocenters. The van der Waals surface area contributed by atoms with Crippen LogP contribution in [0.15, 0.2) is 29.3 Å². The first kappa shape index (κ1) is 20.0. The van der Waals surface area contributed by atoms with E-state index in [0.29, 0.717) is 18.6 Å². The van der Waals surface area contributed by atoms with Gasteiger partial charge in [-0.2, -0.15) is 0 Å². The number of para-hydroxylation sites is 1. The first-order valence-corrected chi connectivity index (χ1v) is 10.2. The molecule has 6 nitrogen and oxygen atoms in total. The molecule has 0 amide bonds. The molecule has 2 aliphatic rings. The largest absolute Gasteiger partial charge is 0.490 e. The predicted octanol–water partition coefficient (Wildman–Crippen LogP) is 2.73. The molecule has 3 rings (SSSR count). The normalized spacial score (nSPS) is 20.3. The number of benzene rings is 1. The molecule has 150 valence electrons. The lowest BCUT2D eigenvalue weighted by Crippen LogP contribution is -2.37. The first-order chi connectivity index (χ1) is 13.3. The van der Waals surface area contributed by atoms with Crippen LogP contribution >= 0.6 is 0 Å². The second-order valence-corrected chi connectivity index (χ2v) is 7.29. The van der Waals surface area contributed by atoms with E-state index in [2.05, 4.69) is 27.8 Å². The summed E-state index contributed by atoms with van der Waals surface area (Å²) in [5, 5.41) is 6.72. The molecule has 1 saturated heterocycles. The van der Waals surface area contributed by atoms with Crippen LogP contribution in [0.5, 0.6) is 5.75 Å². The van der Waals surface area contributed by atoms with Crippen LogP contribution in [0.25, 0.3) is 0 Å². The quantitative estimate of drug-likeness (QED) is 0.374. The van der Waals surface area contributed by atoms with Gasteiger partial charge in [-0.3, -0.25) is 4.99 Å². The fourth-order valence-electron chi connectivity index (χ4n) is 3.18. The predicted molar refractivity (Wildman–Crippen MR) is 107 cm³/mol. The molecule has 1 aliphatic carbocycles. The number of hydrogen-bond donors (Lipinski definition) is 2. The Morgan fingerprint density at radius 1 is 1.22 bits per heavy atom. The number of hydrogen-bond acceptors (Lipinski definition) is 4. The standard InChI is InChI=1S/C21H33N3O3/c1-22-21(23-11-5-12-25-15-17-10-13-26-16-17)24-14-18-6-2-3-9-20(18)27-19-7-4-8-19/h2-3,6,9,17,19H,4-5,7-8,10-16H2,1H3,(H2,22,23,24). The van der Waals surface area contributed by atoms with Crippen LogP contribution < -0.4 is 15.4 Å². The third-order valence-electron chi connectivity index (χ3n) is 5.12. The minimum absolute atomic E-state index is 0.388. The number of guanidine groups is 1. The minimum atomic E-state index is 0.388. The van der Waals surface area contributed by atoms with Gasteiger partial charge in [0.1, 0.15) is 5.75 Å². The zero-order valence-corrected chi connectivity index (χ0v) is 16.4. The molecule has 1 heterocycles. The van der Waals surface area contributed by atoms with Gasteiger partial charge in [0.2, 0.25) is 0 Å². The molecule has 2 fully saturated rings. The van der Waals surface area contributed by atoms with E-state index in [4.69, 9.17) is 14.2 Å². The molecule has 2 N–H and O–H groups in total. The molecule has 0 spiro atoms. The molecule has 1 aliphatic heterocycles. The van der Waals surface area contributed by atoms with E-state index in [1.165, 1.54) is 19.3 Å². The van der Waals surface area contributed by atoms with Gasteiger partial charge in [-0.25, -0.2) is 0 Å². The topological polar surface area (TPSA) is 64.1 Å². The van der Waals surface area contributed by atoms with Crippen molar-refractivity contribution in [1.29, 1.82) is 0 Å². The van der Waals surface area contributed by atoms with Crippen molar-refractivity contribution in [1.82, 2.24) is 10.6 Å². The van der Waals surface area contributed by atoms with Gasteiger partial charge in [-0.05, 0) is 38.2 Å². The van der Waals surface area contributed by atoms with E-state index in [1.807, 2.05) is 12.1 Å². The van der Waals surface area contributed by atoms with Gasteiger partial charge in [0, 0.05) is 44.8 Å². The summed E-state index contributed by atoms with van der Waals surface area (Å²) >= 11 is 0. The summed E-state index contributed by atoms with van der Waals surface area (Å²) in [4.78, 5) is 4.30. The van der Waals surface area contributed by atoms with Crippen molar-refractivity contribution in [2.45, 2.75) is 44.8 Å². The maximum Gasteiger partial charge on any atom is 0.191 e. The SMILES string of the molecule is CN=C(NCCCOCC1CCOC1)NCc1ccccc1OC1CCC1. The Kier molecular flexibility index (Phi) is 8.24. The highest BCUT2D eigenvalue weighted by atomic mass is 16.5. The molecule has 0 bridgehead atoms. The van der Waals surface area contributed by atoms with Crippen molar-refractivity contribution in [2.24, 2.45) is 10.9 Å². The fraction of sp³-hybridized carbons (Fsp3) is 0.667. The summed E-state index contributed by atoms with van der Waals surface area (Å²) in [6.07, 6.45) is 6.08. The monoisotopic (exact) mass is 375 g/mol. The maximum atomic E-state index is 6.09. The summed E-state index contributed by atoms with van der Waals surface area (Å²) in [5.74, 6) is 2.36. The lowest BCUT2D eigenvalue weighted by molar-refractivity contribution is 0.0888. The van der Waals surface area contributed by atoms with Crippen LogP contribution in [0.4, 0.5) is 0 Å². The first-order valence-electron chi connectivity index (χ1n) is 10.2. The van der Waals surface area contributed by atoms with Crippen LogP contribution in [0.3, 0.4) is 0 Å². The lowest BCUT2D eigenvalue weighted by atomic mass is 9.96. The van der Waals surface area contributed by atoms with Gasteiger partial charge >= 0.3 is 0 Å². The van der Waals surface area contributed by atoms with Gasteiger partial charge in [0.25, 0.3) is 0 Å². The second kappa shape index (κ2) is 11.1. The smallest absolute Gasteiger partial charge is 0.191 e. The van der Waals surface area contributed by atoms with Gasteiger partial charge in [0.15, 0.2) is 5.96 Å². The molecule has 1 aromatic carbocycles. The third kappa shape index (κ3) is 6.70. The number of ether oxygens (including phenoxy) is 3. The lowest BCUT2D eigenvalue weighted by Gasteiger charge is -2.27. The van der Waals surface area contributed by atoms with Crippen LogP contribution in [-0.2, 0) is 16.0 Å². The van der Waals surface area contributed by atoms with Crippen LogP contribution in [0.1, 0.15) is 37.7 Å². The zero-order chi connectivity index (χ0) is 18.7. The number of nitrogens with one attached hydrogen (secondary N) is 2. The van der Waals surface area contributed by atoms with Crippen molar-refractivity contribution in [3.05, 3.63) is 29.8 Å². The maximum absolute atomic E-state index is 6.09. The number of nitrogens with zero attached hydrogens (tertiary/aromatic N) is 1. The molecule has 27 heavy (non-hydrogen) atoms. The molecular weight excluding hydrogens is 342 g/mol. The van der Waals surface area contributed by atoms with Crippen molar-refractivity contribution in [2.75, 3.05) is 40.0 Å². The van der Waals surface area contributed by atoms with Gasteiger partial charge in [-0.15, -0.1) is 0 Å². The van der Waals surface area contributed by atoms with Crippen molar-refractivity contribution < 1.29 is 14.2 Å². The molecule has 1 saturated carbocycles. The average Bonchev–Trinajstić information content (AvgIpc) is 3.18.